The molecule has 1 aliphatic heterocycles. The summed E-state index contributed by atoms with van der Waals surface area (Å²) in [6.07, 6.45) is 0.669. The highest BCUT2D eigenvalue weighted by atomic mass is 19.2. The Kier molecular flexibility index (Phi) is 6.16. The molecule has 0 aromatic heterocycles. The van der Waals surface area contributed by atoms with Crippen LogP contribution in [0.1, 0.15) is 6.42 Å². The van der Waals surface area contributed by atoms with Crippen LogP contribution in [0.2, 0.25) is 0 Å². The van der Waals surface area contributed by atoms with E-state index in [1.54, 1.807) is 7.11 Å². The van der Waals surface area contributed by atoms with Crippen molar-refractivity contribution in [3.05, 3.63) is 29.6 Å². The molecule has 2 N–H and O–H groups in total. The second-order valence-corrected chi connectivity index (χ2v) is 5.43. The van der Waals surface area contributed by atoms with Gasteiger partial charge in [-0.1, -0.05) is 0 Å². The molecule has 1 aromatic carbocycles. The van der Waals surface area contributed by atoms with Crippen molar-refractivity contribution in [3.8, 4) is 0 Å². The zero-order chi connectivity index (χ0) is 17.7. The van der Waals surface area contributed by atoms with Crippen molar-refractivity contribution in [3.63, 3.8) is 0 Å². The minimum atomic E-state index is -1.71. The number of halogens is 3. The molecule has 24 heavy (non-hydrogen) atoms. The number of carbonyl (C=O) groups excluding carboxylic acids is 2. The van der Waals surface area contributed by atoms with E-state index in [4.69, 9.17) is 4.74 Å². The first-order valence-electron chi connectivity index (χ1n) is 7.39. The maximum absolute atomic E-state index is 13.5. The maximum Gasteiger partial charge on any atom is 0.313 e. The molecule has 2 rings (SSSR count). The highest BCUT2D eigenvalue weighted by Crippen LogP contribution is 2.19. The number of amides is 2. The van der Waals surface area contributed by atoms with Crippen LogP contribution in [-0.4, -0.2) is 56.1 Å². The molecule has 1 atom stereocenters. The van der Waals surface area contributed by atoms with Crippen molar-refractivity contribution >= 4 is 17.5 Å². The quantitative estimate of drug-likeness (QED) is 0.614. The number of benzene rings is 1. The number of nitrogens with zero attached hydrogens (tertiary/aromatic N) is 1. The zero-order valence-electron chi connectivity index (χ0n) is 13.1. The molecule has 1 saturated heterocycles. The number of likely N-dealkylation sites (tertiary alicyclic amines) is 1. The SMILES string of the molecule is COCCN1CC[C@H](NC(=O)C(=O)Nc2ccc(F)c(F)c2F)C1. The van der Waals surface area contributed by atoms with Gasteiger partial charge in [-0.3, -0.25) is 14.5 Å². The van der Waals surface area contributed by atoms with Crippen LogP contribution in [0.3, 0.4) is 0 Å². The monoisotopic (exact) mass is 345 g/mol. The van der Waals surface area contributed by atoms with Gasteiger partial charge in [0.05, 0.1) is 12.3 Å². The normalized spacial score (nSPS) is 17.8. The lowest BCUT2D eigenvalue weighted by Gasteiger charge is -2.16. The van der Waals surface area contributed by atoms with Crippen LogP contribution >= 0.6 is 0 Å². The van der Waals surface area contributed by atoms with Gasteiger partial charge in [0.25, 0.3) is 0 Å². The maximum atomic E-state index is 13.5. The molecule has 6 nitrogen and oxygen atoms in total. The zero-order valence-corrected chi connectivity index (χ0v) is 13.1. The van der Waals surface area contributed by atoms with Crippen LogP contribution in [0.15, 0.2) is 12.1 Å². The van der Waals surface area contributed by atoms with Gasteiger partial charge in [0.1, 0.15) is 0 Å². The van der Waals surface area contributed by atoms with E-state index in [9.17, 15) is 22.8 Å². The Morgan fingerprint density at radius 1 is 1.25 bits per heavy atom. The third-order valence-corrected chi connectivity index (χ3v) is 3.71. The van der Waals surface area contributed by atoms with Crippen LogP contribution in [-0.2, 0) is 14.3 Å². The van der Waals surface area contributed by atoms with E-state index in [0.29, 0.717) is 25.6 Å². The van der Waals surface area contributed by atoms with Crippen molar-refractivity contribution < 1.29 is 27.5 Å². The minimum Gasteiger partial charge on any atom is -0.383 e. The molecule has 132 valence electrons. The van der Waals surface area contributed by atoms with Crippen LogP contribution in [0.5, 0.6) is 0 Å². The first-order chi connectivity index (χ1) is 11.4. The third-order valence-electron chi connectivity index (χ3n) is 3.71. The van der Waals surface area contributed by atoms with Gasteiger partial charge in [-0.15, -0.1) is 0 Å². The molecule has 0 unspecified atom stereocenters. The number of nitrogens with one attached hydrogen (secondary N) is 2. The Morgan fingerprint density at radius 2 is 2.00 bits per heavy atom. The van der Waals surface area contributed by atoms with Crippen molar-refractivity contribution in [1.29, 1.82) is 0 Å². The Hall–Kier alpha value is -2.13. The summed E-state index contributed by atoms with van der Waals surface area (Å²) in [6, 6.07) is 1.30. The van der Waals surface area contributed by atoms with Crippen molar-refractivity contribution in [2.24, 2.45) is 0 Å². The standard InChI is InChI=1S/C15H18F3N3O3/c1-24-7-6-21-5-4-9(8-21)19-14(22)15(23)20-11-3-2-10(16)12(17)13(11)18/h2-3,9H,4-8H2,1H3,(H,19,22)(H,20,23)/t9-/m0/s1. The molecule has 1 aliphatic rings. The lowest BCUT2D eigenvalue weighted by Crippen LogP contribution is -2.43. The molecular weight excluding hydrogens is 327 g/mol. The van der Waals surface area contributed by atoms with Gasteiger partial charge < -0.3 is 15.4 Å². The summed E-state index contributed by atoms with van der Waals surface area (Å²) in [6.45, 7) is 2.61. The van der Waals surface area contributed by atoms with Gasteiger partial charge in [0, 0.05) is 32.8 Å². The second-order valence-electron chi connectivity index (χ2n) is 5.43. The van der Waals surface area contributed by atoms with Crippen LogP contribution in [0.4, 0.5) is 18.9 Å². The summed E-state index contributed by atoms with van der Waals surface area (Å²) in [4.78, 5) is 25.7. The average Bonchev–Trinajstić information content (AvgIpc) is 3.00. The number of hydrogen-bond donors (Lipinski definition) is 2. The van der Waals surface area contributed by atoms with Crippen LogP contribution < -0.4 is 10.6 Å². The molecule has 0 spiro atoms. The van der Waals surface area contributed by atoms with E-state index in [1.807, 2.05) is 5.32 Å². The molecule has 1 heterocycles. The Labute approximate surface area is 137 Å². The van der Waals surface area contributed by atoms with E-state index < -0.39 is 35.0 Å². The number of methoxy groups -OCH3 is 1. The van der Waals surface area contributed by atoms with E-state index in [-0.39, 0.29) is 6.04 Å². The van der Waals surface area contributed by atoms with Gasteiger partial charge in [-0.2, -0.15) is 0 Å². The van der Waals surface area contributed by atoms with Gasteiger partial charge in [0.2, 0.25) is 0 Å². The largest absolute Gasteiger partial charge is 0.383 e. The fourth-order valence-electron chi connectivity index (χ4n) is 2.43. The fourth-order valence-corrected chi connectivity index (χ4v) is 2.43. The summed E-state index contributed by atoms with van der Waals surface area (Å²) in [5, 5.41) is 4.46. The van der Waals surface area contributed by atoms with E-state index in [2.05, 4.69) is 10.2 Å². The summed E-state index contributed by atoms with van der Waals surface area (Å²) in [5.74, 6) is -6.74. The van der Waals surface area contributed by atoms with Crippen LogP contribution in [0.25, 0.3) is 0 Å². The summed E-state index contributed by atoms with van der Waals surface area (Å²) >= 11 is 0. The van der Waals surface area contributed by atoms with Crippen molar-refractivity contribution in [2.45, 2.75) is 12.5 Å². The molecule has 0 aliphatic carbocycles. The van der Waals surface area contributed by atoms with E-state index in [0.717, 1.165) is 19.2 Å². The summed E-state index contributed by atoms with van der Waals surface area (Å²) in [5.41, 5.74) is -0.595. The fraction of sp³-hybridized carbons (Fsp3) is 0.467. The molecule has 0 radical (unpaired) electrons. The Bertz CT molecular complexity index is 627. The third kappa shape index (κ3) is 4.45. The van der Waals surface area contributed by atoms with E-state index in [1.165, 1.54) is 0 Å². The minimum absolute atomic E-state index is 0.213. The first kappa shape index (κ1) is 18.2. The summed E-state index contributed by atoms with van der Waals surface area (Å²) < 4.78 is 44.4. The smallest absolute Gasteiger partial charge is 0.313 e. The lowest BCUT2D eigenvalue weighted by molar-refractivity contribution is -0.136. The Morgan fingerprint density at radius 3 is 2.71 bits per heavy atom. The molecule has 0 bridgehead atoms. The molecule has 0 saturated carbocycles. The molecule has 2 amide bonds. The molecule has 9 heteroatoms. The highest BCUT2D eigenvalue weighted by molar-refractivity contribution is 6.39. The number of rotatable bonds is 5. The van der Waals surface area contributed by atoms with E-state index >= 15 is 0 Å². The predicted molar refractivity (Wildman–Crippen MR) is 79.8 cm³/mol. The van der Waals surface area contributed by atoms with Gasteiger partial charge >= 0.3 is 11.8 Å². The number of anilines is 1. The number of ether oxygens (including phenoxy) is 1. The number of carbonyl (C=O) groups is 2. The van der Waals surface area contributed by atoms with Crippen molar-refractivity contribution in [1.82, 2.24) is 10.2 Å². The highest BCUT2D eigenvalue weighted by Gasteiger charge is 2.26. The molecule has 1 aromatic rings. The van der Waals surface area contributed by atoms with Gasteiger partial charge in [0.15, 0.2) is 17.5 Å². The van der Waals surface area contributed by atoms with Gasteiger partial charge in [-0.05, 0) is 18.6 Å². The first-order valence-corrected chi connectivity index (χ1v) is 7.39. The predicted octanol–water partition coefficient (Wildman–Crippen LogP) is 0.879. The second kappa shape index (κ2) is 8.11. The van der Waals surface area contributed by atoms with Gasteiger partial charge in [-0.25, -0.2) is 13.2 Å². The Balaban J connectivity index is 1.87. The average molecular weight is 345 g/mol. The molecular formula is C15H18F3N3O3. The van der Waals surface area contributed by atoms with Crippen LogP contribution in [0, 0.1) is 17.5 Å². The lowest BCUT2D eigenvalue weighted by atomic mass is 10.2. The topological polar surface area (TPSA) is 70.7 Å². The molecule has 1 fully saturated rings. The van der Waals surface area contributed by atoms with Crippen molar-refractivity contribution in [2.75, 3.05) is 38.7 Å². The summed E-state index contributed by atoms with van der Waals surface area (Å²) in [7, 11) is 1.59. The number of hydrogen-bond acceptors (Lipinski definition) is 4.